The van der Waals surface area contributed by atoms with Gasteiger partial charge in [0, 0.05) is 30.2 Å². The number of nitrogen functional groups attached to an aromatic ring is 1. The van der Waals surface area contributed by atoms with Crippen LogP contribution in [-0.2, 0) is 19.6 Å². The Labute approximate surface area is 197 Å². The molecule has 2 aromatic carbocycles. The molecule has 8 nitrogen and oxygen atoms in total. The van der Waals surface area contributed by atoms with Gasteiger partial charge in [-0.25, -0.2) is 4.98 Å². The summed E-state index contributed by atoms with van der Waals surface area (Å²) < 4.78 is 3.81. The number of hydrogen-bond acceptors (Lipinski definition) is 5. The molecule has 0 aliphatic rings. The summed E-state index contributed by atoms with van der Waals surface area (Å²) in [5.41, 5.74) is 17.4. The van der Waals surface area contributed by atoms with Crippen molar-refractivity contribution in [3.63, 3.8) is 0 Å². The van der Waals surface area contributed by atoms with Gasteiger partial charge in [0.1, 0.15) is 11.7 Å². The van der Waals surface area contributed by atoms with Crippen LogP contribution in [0.5, 0.6) is 0 Å². The lowest BCUT2D eigenvalue weighted by Crippen LogP contribution is -2.14. The molecule has 5 aromatic rings. The molecule has 4 N–H and O–H groups in total. The Kier molecular flexibility index (Phi) is 5.78. The highest BCUT2D eigenvalue weighted by atomic mass is 15.3. The molecule has 0 bridgehead atoms. The van der Waals surface area contributed by atoms with Crippen LogP contribution in [0.15, 0.2) is 84.4 Å². The second kappa shape index (κ2) is 9.19. The van der Waals surface area contributed by atoms with E-state index in [4.69, 9.17) is 11.5 Å². The Hall–Kier alpha value is -4.46. The fourth-order valence-electron chi connectivity index (χ4n) is 3.98. The molecule has 0 saturated heterocycles. The molecule has 5 rings (SSSR count). The van der Waals surface area contributed by atoms with Gasteiger partial charge >= 0.3 is 0 Å². The van der Waals surface area contributed by atoms with Gasteiger partial charge in [-0.05, 0) is 47.2 Å². The minimum absolute atomic E-state index is 0.479. The molecule has 3 heterocycles. The second-order valence-electron chi connectivity index (χ2n) is 8.30. The number of fused-ring (bicyclic) bond motifs is 1. The molecule has 0 unspecified atom stereocenters. The molecule has 34 heavy (non-hydrogen) atoms. The predicted octanol–water partition coefficient (Wildman–Crippen LogP) is 3.52. The number of rotatable bonds is 7. The van der Waals surface area contributed by atoms with Crippen molar-refractivity contribution >= 4 is 22.4 Å². The lowest BCUT2D eigenvalue weighted by molar-refractivity contribution is 0.674. The van der Waals surface area contributed by atoms with Crippen molar-refractivity contribution in [2.75, 3.05) is 5.73 Å². The second-order valence-corrected chi connectivity index (χ2v) is 8.30. The maximum Gasteiger partial charge on any atom is 0.131 e. The zero-order valence-corrected chi connectivity index (χ0v) is 19.0. The summed E-state index contributed by atoms with van der Waals surface area (Å²) in [5.74, 6) is 1.01. The molecule has 8 heteroatoms. The summed E-state index contributed by atoms with van der Waals surface area (Å²) in [7, 11) is 0. The maximum atomic E-state index is 6.33. The molecule has 0 aliphatic carbocycles. The highest BCUT2D eigenvalue weighted by Crippen LogP contribution is 2.20. The minimum Gasteiger partial charge on any atom is -0.383 e. The Morgan fingerprint density at radius 1 is 0.941 bits per heavy atom. The van der Waals surface area contributed by atoms with Gasteiger partial charge in [-0.2, -0.15) is 10.2 Å². The van der Waals surface area contributed by atoms with Crippen LogP contribution < -0.4 is 11.5 Å². The first-order valence-corrected chi connectivity index (χ1v) is 11.1. The number of anilines is 1. The van der Waals surface area contributed by atoms with Crippen LogP contribution in [0, 0.1) is 6.92 Å². The number of aryl methyl sites for hydroxylation is 1. The van der Waals surface area contributed by atoms with Gasteiger partial charge in [0.2, 0.25) is 0 Å². The molecule has 0 aliphatic heterocycles. The lowest BCUT2D eigenvalue weighted by Gasteiger charge is -2.05. The van der Waals surface area contributed by atoms with E-state index >= 15 is 0 Å². The molecular formula is C26H26N8. The number of benzene rings is 2. The topological polar surface area (TPSA) is 113 Å². The van der Waals surface area contributed by atoms with Crippen molar-refractivity contribution in [3.05, 3.63) is 107 Å². The monoisotopic (exact) mass is 450 g/mol. The van der Waals surface area contributed by atoms with E-state index in [9.17, 15) is 0 Å². The number of aromatic nitrogens is 5. The molecule has 0 amide bonds. The van der Waals surface area contributed by atoms with Gasteiger partial charge in [0.25, 0.3) is 0 Å². The SMILES string of the molecule is Cc1nn(Cc2ccc(Cn3cccn3)cc2)cc1C(N)=NCc1ccc2c(N)nccc2c1. The van der Waals surface area contributed by atoms with Gasteiger partial charge in [0.05, 0.1) is 30.9 Å². The van der Waals surface area contributed by atoms with Crippen molar-refractivity contribution in [2.45, 2.75) is 26.6 Å². The Balaban J connectivity index is 1.26. The third-order valence-electron chi connectivity index (χ3n) is 5.79. The molecular weight excluding hydrogens is 424 g/mol. The Bertz CT molecular complexity index is 1450. The average molecular weight is 451 g/mol. The van der Waals surface area contributed by atoms with E-state index in [1.54, 1.807) is 12.4 Å². The first kappa shape index (κ1) is 21.4. The van der Waals surface area contributed by atoms with Gasteiger partial charge in [-0.15, -0.1) is 0 Å². The van der Waals surface area contributed by atoms with Gasteiger partial charge in [0.15, 0.2) is 0 Å². The van der Waals surface area contributed by atoms with Gasteiger partial charge in [-0.1, -0.05) is 36.4 Å². The van der Waals surface area contributed by atoms with Crippen molar-refractivity contribution in [1.29, 1.82) is 0 Å². The predicted molar refractivity (Wildman–Crippen MR) is 134 cm³/mol. The third kappa shape index (κ3) is 4.66. The highest BCUT2D eigenvalue weighted by Gasteiger charge is 2.10. The first-order valence-electron chi connectivity index (χ1n) is 11.1. The fourth-order valence-corrected chi connectivity index (χ4v) is 3.98. The zero-order valence-electron chi connectivity index (χ0n) is 19.0. The molecule has 0 spiro atoms. The molecule has 0 radical (unpaired) electrons. The van der Waals surface area contributed by atoms with E-state index < -0.39 is 0 Å². The average Bonchev–Trinajstić information content (AvgIpc) is 3.48. The first-order chi connectivity index (χ1) is 16.5. The number of nitrogens with zero attached hydrogens (tertiary/aromatic N) is 6. The summed E-state index contributed by atoms with van der Waals surface area (Å²) in [4.78, 5) is 8.74. The molecule has 0 saturated carbocycles. The van der Waals surface area contributed by atoms with Crippen molar-refractivity contribution in [2.24, 2.45) is 10.7 Å². The van der Waals surface area contributed by atoms with Crippen molar-refractivity contribution < 1.29 is 0 Å². The van der Waals surface area contributed by atoms with E-state index in [0.29, 0.717) is 24.7 Å². The highest BCUT2D eigenvalue weighted by molar-refractivity contribution is 5.98. The fraction of sp³-hybridized carbons (Fsp3) is 0.154. The number of pyridine rings is 1. The summed E-state index contributed by atoms with van der Waals surface area (Å²) in [5, 5.41) is 10.9. The summed E-state index contributed by atoms with van der Waals surface area (Å²) in [6.45, 7) is 3.85. The molecule has 0 atom stereocenters. The summed E-state index contributed by atoms with van der Waals surface area (Å²) in [6, 6.07) is 18.4. The normalized spacial score (nSPS) is 11.9. The lowest BCUT2D eigenvalue weighted by atomic mass is 10.1. The summed E-state index contributed by atoms with van der Waals surface area (Å²) >= 11 is 0. The molecule has 3 aromatic heterocycles. The maximum absolute atomic E-state index is 6.33. The smallest absolute Gasteiger partial charge is 0.131 e. The van der Waals surface area contributed by atoms with Crippen LogP contribution in [0.4, 0.5) is 5.82 Å². The summed E-state index contributed by atoms with van der Waals surface area (Å²) in [6.07, 6.45) is 7.42. The third-order valence-corrected chi connectivity index (χ3v) is 5.79. The van der Waals surface area contributed by atoms with Crippen molar-refractivity contribution in [3.8, 4) is 0 Å². The number of hydrogen-bond donors (Lipinski definition) is 2. The van der Waals surface area contributed by atoms with Crippen LogP contribution in [-0.4, -0.2) is 30.4 Å². The van der Waals surface area contributed by atoms with Gasteiger partial charge in [-0.3, -0.25) is 14.4 Å². The standard InChI is InChI=1S/C26H26N8/c1-18-24(26(28)30-14-21-7-8-23-22(13-21)9-11-29-25(23)27)17-34(32-18)16-20-5-3-19(4-6-20)15-33-12-2-10-31-33/h2-13,17H,14-16H2,1H3,(H2,27,29)(H2,28,30). The number of aliphatic imine (C=N–C) groups is 1. The van der Waals surface area contributed by atoms with Crippen LogP contribution in [0.2, 0.25) is 0 Å². The zero-order chi connectivity index (χ0) is 23.5. The van der Waals surface area contributed by atoms with Gasteiger partial charge < -0.3 is 11.5 Å². The van der Waals surface area contributed by atoms with E-state index in [0.717, 1.165) is 34.1 Å². The van der Waals surface area contributed by atoms with Crippen LogP contribution in [0.25, 0.3) is 10.8 Å². The number of nitrogens with two attached hydrogens (primary N) is 2. The van der Waals surface area contributed by atoms with E-state index in [1.165, 1.54) is 11.1 Å². The molecule has 0 fully saturated rings. The quantitative estimate of drug-likeness (QED) is 0.291. The molecule has 170 valence electrons. The van der Waals surface area contributed by atoms with Crippen LogP contribution >= 0.6 is 0 Å². The van der Waals surface area contributed by atoms with E-state index in [-0.39, 0.29) is 0 Å². The number of amidine groups is 1. The van der Waals surface area contributed by atoms with Crippen LogP contribution in [0.3, 0.4) is 0 Å². The van der Waals surface area contributed by atoms with Crippen LogP contribution in [0.1, 0.15) is 27.9 Å². The van der Waals surface area contributed by atoms with E-state index in [1.807, 2.05) is 52.9 Å². The Morgan fingerprint density at radius 2 is 1.68 bits per heavy atom. The van der Waals surface area contributed by atoms with Crippen molar-refractivity contribution in [1.82, 2.24) is 24.5 Å². The largest absolute Gasteiger partial charge is 0.383 e. The Morgan fingerprint density at radius 3 is 2.41 bits per heavy atom. The minimum atomic E-state index is 0.479. The van der Waals surface area contributed by atoms with E-state index in [2.05, 4.69) is 50.5 Å².